The highest BCUT2D eigenvalue weighted by atomic mass is 79.9. The third-order valence-corrected chi connectivity index (χ3v) is 3.30. The molecule has 0 radical (unpaired) electrons. The second-order valence-electron chi connectivity index (χ2n) is 3.83. The number of halogens is 2. The Morgan fingerprint density at radius 2 is 2.11 bits per heavy atom. The summed E-state index contributed by atoms with van der Waals surface area (Å²) in [5, 5.41) is 1.39. The molecule has 0 aliphatic carbocycles. The molecule has 0 fully saturated rings. The van der Waals surface area contributed by atoms with Gasteiger partial charge in [0, 0.05) is 30.6 Å². The van der Waals surface area contributed by atoms with E-state index in [1.54, 1.807) is 18.1 Å². The Labute approximate surface area is 121 Å². The molecule has 0 heterocycles. The van der Waals surface area contributed by atoms with Crippen molar-refractivity contribution in [2.75, 3.05) is 32.1 Å². The van der Waals surface area contributed by atoms with Crippen molar-refractivity contribution in [1.29, 1.82) is 0 Å². The minimum absolute atomic E-state index is 0.0691. The summed E-state index contributed by atoms with van der Waals surface area (Å²) < 4.78 is 5.01. The molecule has 0 bridgehead atoms. The lowest BCUT2D eigenvalue weighted by molar-refractivity contribution is -0.130. The molecule has 0 aliphatic heterocycles. The molecule has 0 N–H and O–H groups in total. The largest absolute Gasteiger partial charge is 0.383 e. The maximum absolute atomic E-state index is 12.2. The summed E-state index contributed by atoms with van der Waals surface area (Å²) in [4.78, 5) is 13.9. The van der Waals surface area contributed by atoms with E-state index in [4.69, 9.17) is 16.3 Å². The molecule has 0 aromatic heterocycles. The van der Waals surface area contributed by atoms with Crippen LogP contribution in [0.3, 0.4) is 0 Å². The summed E-state index contributed by atoms with van der Waals surface area (Å²) in [5.41, 5.74) is 0.862. The average molecular weight is 335 g/mol. The van der Waals surface area contributed by atoms with Crippen molar-refractivity contribution < 1.29 is 9.53 Å². The van der Waals surface area contributed by atoms with E-state index in [1.807, 2.05) is 18.2 Å². The smallest absolute Gasteiger partial charge is 0.227 e. The lowest BCUT2D eigenvalue weighted by atomic mass is 10.1. The second kappa shape index (κ2) is 8.51. The average Bonchev–Trinajstić information content (AvgIpc) is 2.37. The quantitative estimate of drug-likeness (QED) is 0.718. The topological polar surface area (TPSA) is 29.5 Å². The summed E-state index contributed by atoms with van der Waals surface area (Å²) in [6.45, 7) is 1.82. The Bertz CT molecular complexity index is 387. The van der Waals surface area contributed by atoms with Crippen LogP contribution in [0.4, 0.5) is 0 Å². The predicted octanol–water partition coefficient (Wildman–Crippen LogP) is 2.75. The Morgan fingerprint density at radius 3 is 2.72 bits per heavy atom. The van der Waals surface area contributed by atoms with Gasteiger partial charge in [0.05, 0.1) is 13.0 Å². The number of hydrogen-bond donors (Lipinski definition) is 0. The van der Waals surface area contributed by atoms with Crippen LogP contribution >= 0.6 is 27.5 Å². The van der Waals surface area contributed by atoms with Gasteiger partial charge in [-0.1, -0.05) is 45.7 Å². The van der Waals surface area contributed by atoms with E-state index in [1.165, 1.54) is 0 Å². The van der Waals surface area contributed by atoms with Crippen molar-refractivity contribution in [2.45, 2.75) is 6.42 Å². The Balaban J connectivity index is 2.63. The lowest BCUT2D eigenvalue weighted by Gasteiger charge is -2.21. The minimum atomic E-state index is 0.0691. The van der Waals surface area contributed by atoms with E-state index < -0.39 is 0 Å². The van der Waals surface area contributed by atoms with E-state index in [0.717, 1.165) is 10.9 Å². The fourth-order valence-corrected chi connectivity index (χ4v) is 2.21. The monoisotopic (exact) mass is 333 g/mol. The highest BCUT2D eigenvalue weighted by Gasteiger charge is 2.14. The molecule has 100 valence electrons. The predicted molar refractivity (Wildman–Crippen MR) is 77.4 cm³/mol. The zero-order chi connectivity index (χ0) is 13.4. The standard InChI is InChI=1S/C13H17BrClNO2/c1-18-9-8-16(7-6-14)13(17)10-11-4-2-3-5-12(11)15/h2-5H,6-10H2,1H3. The molecule has 5 heteroatoms. The van der Waals surface area contributed by atoms with Crippen LogP contribution in [0.2, 0.25) is 5.02 Å². The number of nitrogens with zero attached hydrogens (tertiary/aromatic N) is 1. The summed E-state index contributed by atoms with van der Waals surface area (Å²) in [7, 11) is 1.63. The first-order valence-corrected chi connectivity index (χ1v) is 7.25. The molecular weight excluding hydrogens is 318 g/mol. The number of carbonyl (C=O) groups is 1. The van der Waals surface area contributed by atoms with Crippen LogP contribution in [0, 0.1) is 0 Å². The van der Waals surface area contributed by atoms with E-state index in [-0.39, 0.29) is 5.91 Å². The molecular formula is C13H17BrClNO2. The van der Waals surface area contributed by atoms with E-state index >= 15 is 0 Å². The molecule has 0 aliphatic rings. The molecule has 0 saturated carbocycles. The second-order valence-corrected chi connectivity index (χ2v) is 5.03. The first-order valence-electron chi connectivity index (χ1n) is 5.75. The van der Waals surface area contributed by atoms with Gasteiger partial charge < -0.3 is 9.64 Å². The molecule has 1 rings (SSSR count). The molecule has 0 unspecified atom stereocenters. The van der Waals surface area contributed by atoms with E-state index in [9.17, 15) is 4.79 Å². The van der Waals surface area contributed by atoms with Crippen molar-refractivity contribution in [1.82, 2.24) is 4.90 Å². The minimum Gasteiger partial charge on any atom is -0.383 e. The molecule has 1 amide bonds. The van der Waals surface area contributed by atoms with Gasteiger partial charge in [-0.25, -0.2) is 0 Å². The van der Waals surface area contributed by atoms with Crippen LogP contribution in [-0.2, 0) is 16.0 Å². The number of rotatable bonds is 7. The summed E-state index contributed by atoms with van der Waals surface area (Å²) in [6.07, 6.45) is 0.330. The molecule has 18 heavy (non-hydrogen) atoms. The van der Waals surface area contributed by atoms with Crippen molar-refractivity contribution in [3.05, 3.63) is 34.9 Å². The van der Waals surface area contributed by atoms with Crippen molar-refractivity contribution in [3.63, 3.8) is 0 Å². The van der Waals surface area contributed by atoms with Crippen LogP contribution < -0.4 is 0 Å². The molecule has 0 saturated heterocycles. The van der Waals surface area contributed by atoms with Gasteiger partial charge >= 0.3 is 0 Å². The van der Waals surface area contributed by atoms with Gasteiger partial charge in [-0.05, 0) is 11.6 Å². The highest BCUT2D eigenvalue weighted by molar-refractivity contribution is 9.09. The van der Waals surface area contributed by atoms with Gasteiger partial charge in [-0.3, -0.25) is 4.79 Å². The first-order chi connectivity index (χ1) is 8.69. The summed E-state index contributed by atoms with van der Waals surface area (Å²) in [5.74, 6) is 0.0691. The van der Waals surface area contributed by atoms with Crippen LogP contribution in [-0.4, -0.2) is 42.9 Å². The van der Waals surface area contributed by atoms with Gasteiger partial charge in [0.15, 0.2) is 0 Å². The Kier molecular flexibility index (Phi) is 7.32. The SMILES string of the molecule is COCCN(CCBr)C(=O)Cc1ccccc1Cl. The van der Waals surface area contributed by atoms with Gasteiger partial charge in [0.25, 0.3) is 0 Å². The van der Waals surface area contributed by atoms with Crippen molar-refractivity contribution >= 4 is 33.4 Å². The Hall–Kier alpha value is -0.580. The molecule has 0 spiro atoms. The van der Waals surface area contributed by atoms with E-state index in [2.05, 4.69) is 15.9 Å². The van der Waals surface area contributed by atoms with Crippen LogP contribution in [0.5, 0.6) is 0 Å². The van der Waals surface area contributed by atoms with Gasteiger partial charge in [-0.15, -0.1) is 0 Å². The third kappa shape index (κ3) is 4.96. The summed E-state index contributed by atoms with van der Waals surface area (Å²) in [6, 6.07) is 7.42. The number of ether oxygens (including phenoxy) is 1. The first kappa shape index (κ1) is 15.5. The van der Waals surface area contributed by atoms with Crippen molar-refractivity contribution in [2.24, 2.45) is 0 Å². The molecule has 1 aromatic carbocycles. The lowest BCUT2D eigenvalue weighted by Crippen LogP contribution is -2.36. The number of methoxy groups -OCH3 is 1. The van der Waals surface area contributed by atoms with Gasteiger partial charge in [-0.2, -0.15) is 0 Å². The zero-order valence-corrected chi connectivity index (χ0v) is 12.7. The fraction of sp³-hybridized carbons (Fsp3) is 0.462. The Morgan fingerprint density at radius 1 is 1.39 bits per heavy atom. The van der Waals surface area contributed by atoms with Gasteiger partial charge in [0.1, 0.15) is 0 Å². The number of carbonyl (C=O) groups excluding carboxylic acids is 1. The molecule has 3 nitrogen and oxygen atoms in total. The number of alkyl halides is 1. The van der Waals surface area contributed by atoms with Crippen LogP contribution in [0.1, 0.15) is 5.56 Å². The fourth-order valence-electron chi connectivity index (χ4n) is 1.58. The molecule has 0 atom stereocenters. The molecule has 1 aromatic rings. The maximum Gasteiger partial charge on any atom is 0.227 e. The highest BCUT2D eigenvalue weighted by Crippen LogP contribution is 2.16. The number of hydrogen-bond acceptors (Lipinski definition) is 2. The normalized spacial score (nSPS) is 10.4. The third-order valence-electron chi connectivity index (χ3n) is 2.57. The number of amides is 1. The van der Waals surface area contributed by atoms with Crippen molar-refractivity contribution in [3.8, 4) is 0 Å². The maximum atomic E-state index is 12.2. The van der Waals surface area contributed by atoms with Gasteiger partial charge in [0.2, 0.25) is 5.91 Å². The van der Waals surface area contributed by atoms with E-state index in [0.29, 0.717) is 31.1 Å². The van der Waals surface area contributed by atoms with Crippen LogP contribution in [0.25, 0.3) is 0 Å². The van der Waals surface area contributed by atoms with Crippen LogP contribution in [0.15, 0.2) is 24.3 Å². The number of benzene rings is 1. The zero-order valence-electron chi connectivity index (χ0n) is 10.4. The summed E-state index contributed by atoms with van der Waals surface area (Å²) >= 11 is 9.40.